The third-order valence-corrected chi connectivity index (χ3v) is 1.57. The first-order valence-corrected chi connectivity index (χ1v) is 3.79. The molecule has 0 spiro atoms. The molecule has 0 fully saturated rings. The van der Waals surface area contributed by atoms with Crippen molar-refractivity contribution < 1.29 is 4.74 Å². The predicted molar refractivity (Wildman–Crippen MR) is 39.0 cm³/mol. The minimum Gasteiger partial charge on any atom is -0.469 e. The number of hydrogen-bond donors (Lipinski definition) is 1. The van der Waals surface area contributed by atoms with Crippen LogP contribution in [0.4, 0.5) is 0 Å². The second-order valence-corrected chi connectivity index (χ2v) is 2.33. The summed E-state index contributed by atoms with van der Waals surface area (Å²) in [5.41, 5.74) is 5.29. The molecule has 10 heavy (non-hydrogen) atoms. The molecule has 0 aliphatic carbocycles. The molecule has 0 atom stereocenters. The Balaban J connectivity index is 2.59. The summed E-state index contributed by atoms with van der Waals surface area (Å²) in [6.45, 7) is 2.91. The zero-order valence-electron chi connectivity index (χ0n) is 5.70. The molecule has 1 heterocycles. The van der Waals surface area contributed by atoms with Crippen molar-refractivity contribution in [3.8, 4) is 5.19 Å². The number of aromatic nitrogens is 2. The lowest BCUT2D eigenvalue weighted by atomic mass is 10.6. The first-order chi connectivity index (χ1) is 4.86. The quantitative estimate of drug-likeness (QED) is 0.693. The van der Waals surface area contributed by atoms with Crippen LogP contribution in [0, 0.1) is 0 Å². The first kappa shape index (κ1) is 7.43. The lowest BCUT2D eigenvalue weighted by Crippen LogP contribution is -1.98. The molecule has 4 nitrogen and oxygen atoms in total. The molecule has 1 aromatic rings. The second kappa shape index (κ2) is 3.48. The molecule has 0 saturated heterocycles. The Hall–Kier alpha value is -0.680. The highest BCUT2D eigenvalue weighted by Crippen LogP contribution is 2.12. The van der Waals surface area contributed by atoms with Gasteiger partial charge in [0.1, 0.15) is 0 Å². The van der Waals surface area contributed by atoms with Gasteiger partial charge in [0, 0.05) is 11.5 Å². The maximum atomic E-state index is 5.29. The fraction of sp³-hybridized carbons (Fsp3) is 0.600. The van der Waals surface area contributed by atoms with E-state index in [9.17, 15) is 0 Å². The van der Waals surface area contributed by atoms with Gasteiger partial charge >= 0.3 is 0 Å². The van der Waals surface area contributed by atoms with Crippen LogP contribution in [-0.2, 0) is 6.54 Å². The van der Waals surface area contributed by atoms with Gasteiger partial charge < -0.3 is 10.5 Å². The molecule has 0 radical (unpaired) electrons. The van der Waals surface area contributed by atoms with Crippen LogP contribution in [0.1, 0.15) is 12.7 Å². The lowest BCUT2D eigenvalue weighted by molar-refractivity contribution is 0.337. The van der Waals surface area contributed by atoms with E-state index in [1.165, 1.54) is 11.5 Å². The normalized spacial score (nSPS) is 9.80. The molecule has 0 saturated carbocycles. The van der Waals surface area contributed by atoms with Crippen molar-refractivity contribution in [3.05, 3.63) is 5.82 Å². The summed E-state index contributed by atoms with van der Waals surface area (Å²) in [5, 5.41) is 0.600. The molecule has 0 aliphatic heterocycles. The summed E-state index contributed by atoms with van der Waals surface area (Å²) >= 11 is 1.24. The van der Waals surface area contributed by atoms with Crippen LogP contribution in [0.3, 0.4) is 0 Å². The summed E-state index contributed by atoms with van der Waals surface area (Å²) < 4.78 is 9.01. The third-order valence-electron chi connectivity index (χ3n) is 0.900. The summed E-state index contributed by atoms with van der Waals surface area (Å²) in [4.78, 5) is 3.98. The van der Waals surface area contributed by atoms with E-state index in [1.54, 1.807) is 0 Å². The fourth-order valence-corrected chi connectivity index (χ4v) is 1.12. The Morgan fingerprint density at radius 3 is 3.00 bits per heavy atom. The van der Waals surface area contributed by atoms with Gasteiger partial charge in [-0.05, 0) is 6.92 Å². The van der Waals surface area contributed by atoms with E-state index < -0.39 is 0 Å². The van der Waals surface area contributed by atoms with E-state index in [-0.39, 0.29) is 0 Å². The molecule has 56 valence electrons. The Kier molecular flexibility index (Phi) is 2.58. The van der Waals surface area contributed by atoms with Crippen molar-refractivity contribution >= 4 is 11.5 Å². The van der Waals surface area contributed by atoms with Gasteiger partial charge in [0.25, 0.3) is 5.19 Å². The van der Waals surface area contributed by atoms with Crippen LogP contribution in [0.5, 0.6) is 5.19 Å². The zero-order valence-corrected chi connectivity index (χ0v) is 6.52. The van der Waals surface area contributed by atoms with E-state index >= 15 is 0 Å². The van der Waals surface area contributed by atoms with Gasteiger partial charge in [0.05, 0.1) is 13.2 Å². The van der Waals surface area contributed by atoms with Crippen molar-refractivity contribution in [2.75, 3.05) is 6.61 Å². The zero-order chi connectivity index (χ0) is 7.40. The van der Waals surface area contributed by atoms with Crippen molar-refractivity contribution in [2.45, 2.75) is 13.5 Å². The highest BCUT2D eigenvalue weighted by Gasteiger charge is 2.00. The minimum atomic E-state index is 0.379. The topological polar surface area (TPSA) is 61.0 Å². The fourth-order valence-electron chi connectivity index (χ4n) is 0.503. The molecule has 0 aromatic carbocycles. The van der Waals surface area contributed by atoms with E-state index in [0.717, 1.165) is 0 Å². The summed E-state index contributed by atoms with van der Waals surface area (Å²) in [5.74, 6) is 0.647. The SMILES string of the molecule is CCOc1nc(CN)ns1. The number of nitrogens with two attached hydrogens (primary N) is 1. The molecular weight excluding hydrogens is 150 g/mol. The molecule has 1 aromatic heterocycles. The number of rotatable bonds is 3. The van der Waals surface area contributed by atoms with Crippen molar-refractivity contribution in [1.29, 1.82) is 0 Å². The maximum absolute atomic E-state index is 5.29. The van der Waals surface area contributed by atoms with Gasteiger partial charge in [-0.15, -0.1) is 0 Å². The molecular formula is C5H9N3OS. The van der Waals surface area contributed by atoms with Crippen LogP contribution in [0.2, 0.25) is 0 Å². The molecule has 5 heteroatoms. The average Bonchev–Trinajstić information content (AvgIpc) is 2.37. The third kappa shape index (κ3) is 1.65. The maximum Gasteiger partial charge on any atom is 0.293 e. The Labute approximate surface area is 63.2 Å². The largest absolute Gasteiger partial charge is 0.469 e. The Morgan fingerprint density at radius 1 is 1.70 bits per heavy atom. The highest BCUT2D eigenvalue weighted by molar-refractivity contribution is 7.07. The molecule has 0 unspecified atom stereocenters. The molecule has 2 N–H and O–H groups in total. The van der Waals surface area contributed by atoms with E-state index in [1.807, 2.05) is 6.92 Å². The number of ether oxygens (including phenoxy) is 1. The van der Waals surface area contributed by atoms with Gasteiger partial charge in [0.2, 0.25) is 0 Å². The molecule has 0 aliphatic rings. The number of nitrogens with zero attached hydrogens (tertiary/aromatic N) is 2. The van der Waals surface area contributed by atoms with E-state index in [2.05, 4.69) is 9.36 Å². The Morgan fingerprint density at radius 2 is 2.50 bits per heavy atom. The van der Waals surface area contributed by atoms with Crippen molar-refractivity contribution in [1.82, 2.24) is 9.36 Å². The lowest BCUT2D eigenvalue weighted by Gasteiger charge is -1.91. The van der Waals surface area contributed by atoms with Crippen LogP contribution in [0.15, 0.2) is 0 Å². The molecule has 0 amide bonds. The minimum absolute atomic E-state index is 0.379. The summed E-state index contributed by atoms with van der Waals surface area (Å²) in [6.07, 6.45) is 0. The molecule has 0 bridgehead atoms. The monoisotopic (exact) mass is 159 g/mol. The van der Waals surface area contributed by atoms with Gasteiger partial charge in [-0.1, -0.05) is 0 Å². The first-order valence-electron chi connectivity index (χ1n) is 3.02. The van der Waals surface area contributed by atoms with Crippen LogP contribution in [-0.4, -0.2) is 16.0 Å². The summed E-state index contributed by atoms with van der Waals surface area (Å²) in [7, 11) is 0. The smallest absolute Gasteiger partial charge is 0.293 e. The van der Waals surface area contributed by atoms with Gasteiger partial charge in [-0.2, -0.15) is 9.36 Å². The van der Waals surface area contributed by atoms with Gasteiger partial charge in [-0.25, -0.2) is 0 Å². The van der Waals surface area contributed by atoms with Gasteiger partial charge in [-0.3, -0.25) is 0 Å². The van der Waals surface area contributed by atoms with E-state index in [0.29, 0.717) is 24.2 Å². The van der Waals surface area contributed by atoms with E-state index in [4.69, 9.17) is 10.5 Å². The highest BCUT2D eigenvalue weighted by atomic mass is 32.1. The average molecular weight is 159 g/mol. The van der Waals surface area contributed by atoms with Crippen LogP contribution in [0.25, 0.3) is 0 Å². The standard InChI is InChI=1S/C5H9N3OS/c1-2-9-5-7-4(3-6)8-10-5/h2-3,6H2,1H3. The van der Waals surface area contributed by atoms with Crippen LogP contribution >= 0.6 is 11.5 Å². The van der Waals surface area contributed by atoms with Crippen molar-refractivity contribution in [3.63, 3.8) is 0 Å². The Bertz CT molecular complexity index is 201. The van der Waals surface area contributed by atoms with Gasteiger partial charge in [0.15, 0.2) is 5.82 Å². The number of hydrogen-bond acceptors (Lipinski definition) is 5. The molecule has 1 rings (SSSR count). The summed E-state index contributed by atoms with van der Waals surface area (Å²) in [6, 6.07) is 0. The predicted octanol–water partition coefficient (Wildman–Crippen LogP) is 0.395. The van der Waals surface area contributed by atoms with Crippen LogP contribution < -0.4 is 10.5 Å². The van der Waals surface area contributed by atoms with Crippen molar-refractivity contribution in [2.24, 2.45) is 5.73 Å². The second-order valence-electron chi connectivity index (χ2n) is 1.61.